The lowest BCUT2D eigenvalue weighted by Gasteiger charge is -2.17. The van der Waals surface area contributed by atoms with E-state index in [0.717, 1.165) is 5.69 Å². The molecule has 0 saturated heterocycles. The fraction of sp³-hybridized carbons (Fsp3) is 0.182. The number of amides is 2. The van der Waals surface area contributed by atoms with Crippen molar-refractivity contribution in [3.05, 3.63) is 34.2 Å². The summed E-state index contributed by atoms with van der Waals surface area (Å²) in [5.74, 6) is 0. The molecule has 0 fully saturated rings. The number of rotatable bonds is 3. The van der Waals surface area contributed by atoms with Gasteiger partial charge in [0.25, 0.3) is 0 Å². The fourth-order valence-electron chi connectivity index (χ4n) is 1.39. The molecule has 0 saturated carbocycles. The monoisotopic (exact) mass is 326 g/mol. The van der Waals surface area contributed by atoms with Crippen molar-refractivity contribution in [2.75, 3.05) is 16.8 Å². The van der Waals surface area contributed by atoms with Crippen LogP contribution >= 0.6 is 27.3 Å². The Balaban J connectivity index is 2.11. The lowest BCUT2D eigenvalue weighted by atomic mass is 10.3. The van der Waals surface area contributed by atoms with Crippen LogP contribution in [-0.2, 0) is 0 Å². The molecule has 1 aromatic carbocycles. The second kappa shape index (κ2) is 5.92. The predicted molar refractivity (Wildman–Crippen MR) is 76.1 cm³/mol. The molecule has 1 heterocycles. The van der Waals surface area contributed by atoms with Crippen LogP contribution in [0.2, 0.25) is 0 Å². The topological polar surface area (TPSA) is 58.1 Å². The van der Waals surface area contributed by atoms with Gasteiger partial charge < -0.3 is 5.32 Å². The van der Waals surface area contributed by atoms with Gasteiger partial charge in [-0.3, -0.25) is 4.90 Å². The Morgan fingerprint density at radius 1 is 1.39 bits per heavy atom. The van der Waals surface area contributed by atoms with Gasteiger partial charge in [-0.05, 0) is 35.0 Å². The Morgan fingerprint density at radius 3 is 2.67 bits per heavy atom. The summed E-state index contributed by atoms with van der Waals surface area (Å²) in [6.07, 6.45) is 0. The molecule has 2 aromatic rings. The van der Waals surface area contributed by atoms with Crippen LogP contribution in [-0.4, -0.2) is 22.8 Å². The number of benzene rings is 1. The van der Waals surface area contributed by atoms with Gasteiger partial charge in [0.2, 0.25) is 5.13 Å². The molecule has 7 heteroatoms. The zero-order valence-electron chi connectivity index (χ0n) is 9.63. The standard InChI is InChI=1S/C11H11BrN4OS/c1-2-16(11-15-14-9(12)18-11)10(17)13-8-6-4-3-5-7-8/h3-7H,2H2,1H3,(H,13,17). The van der Waals surface area contributed by atoms with Gasteiger partial charge in [0.1, 0.15) is 0 Å². The number of nitrogens with zero attached hydrogens (tertiary/aromatic N) is 3. The quantitative estimate of drug-likeness (QED) is 0.940. The number of carbonyl (C=O) groups is 1. The van der Waals surface area contributed by atoms with Crippen LogP contribution in [0, 0.1) is 0 Å². The normalized spacial score (nSPS) is 10.1. The summed E-state index contributed by atoms with van der Waals surface area (Å²) in [5.41, 5.74) is 0.754. The molecule has 1 N–H and O–H groups in total. The van der Waals surface area contributed by atoms with Gasteiger partial charge in [-0.15, -0.1) is 10.2 Å². The number of nitrogens with one attached hydrogen (secondary N) is 1. The van der Waals surface area contributed by atoms with Gasteiger partial charge in [0, 0.05) is 12.2 Å². The van der Waals surface area contributed by atoms with Crippen molar-refractivity contribution in [1.29, 1.82) is 0 Å². The molecule has 0 spiro atoms. The Bertz CT molecular complexity index is 531. The minimum Gasteiger partial charge on any atom is -0.307 e. The number of aromatic nitrogens is 2. The molecule has 0 bridgehead atoms. The van der Waals surface area contributed by atoms with Crippen LogP contribution in [0.25, 0.3) is 0 Å². The molecule has 0 aliphatic carbocycles. The van der Waals surface area contributed by atoms with Gasteiger partial charge >= 0.3 is 6.03 Å². The van der Waals surface area contributed by atoms with Crippen LogP contribution in [0.3, 0.4) is 0 Å². The van der Waals surface area contributed by atoms with E-state index in [4.69, 9.17) is 0 Å². The van der Waals surface area contributed by atoms with Gasteiger partial charge in [-0.2, -0.15) is 0 Å². The fourth-order valence-corrected chi connectivity index (χ4v) is 2.54. The van der Waals surface area contributed by atoms with Gasteiger partial charge in [0.15, 0.2) is 3.92 Å². The Labute approximate surface area is 117 Å². The second-order valence-electron chi connectivity index (χ2n) is 3.38. The summed E-state index contributed by atoms with van der Waals surface area (Å²) in [6.45, 7) is 2.42. The zero-order valence-corrected chi connectivity index (χ0v) is 12.0. The van der Waals surface area contributed by atoms with Gasteiger partial charge in [0.05, 0.1) is 0 Å². The van der Waals surface area contributed by atoms with Crippen molar-refractivity contribution >= 4 is 44.1 Å². The van der Waals surface area contributed by atoms with Crippen molar-refractivity contribution in [1.82, 2.24) is 10.2 Å². The molecule has 5 nitrogen and oxygen atoms in total. The maximum Gasteiger partial charge on any atom is 0.328 e. The van der Waals surface area contributed by atoms with E-state index < -0.39 is 0 Å². The Kier molecular flexibility index (Phi) is 4.27. The van der Waals surface area contributed by atoms with Crippen molar-refractivity contribution in [3.63, 3.8) is 0 Å². The molecule has 18 heavy (non-hydrogen) atoms. The molecular weight excluding hydrogens is 316 g/mol. The number of anilines is 2. The maximum absolute atomic E-state index is 12.1. The van der Waals surface area contributed by atoms with E-state index in [1.807, 2.05) is 37.3 Å². The molecule has 0 aliphatic rings. The van der Waals surface area contributed by atoms with Crippen molar-refractivity contribution in [2.45, 2.75) is 6.92 Å². The molecule has 0 radical (unpaired) electrons. The summed E-state index contributed by atoms with van der Waals surface area (Å²) in [4.78, 5) is 13.6. The first-order chi connectivity index (χ1) is 8.70. The highest BCUT2D eigenvalue weighted by atomic mass is 79.9. The molecule has 94 valence electrons. The minimum atomic E-state index is -0.215. The third-order valence-corrected chi connectivity index (χ3v) is 3.59. The van der Waals surface area contributed by atoms with E-state index in [9.17, 15) is 4.79 Å². The van der Waals surface area contributed by atoms with Crippen LogP contribution in [0.5, 0.6) is 0 Å². The van der Waals surface area contributed by atoms with E-state index in [1.165, 1.54) is 16.2 Å². The van der Waals surface area contributed by atoms with Gasteiger partial charge in [-0.25, -0.2) is 4.79 Å². The molecule has 0 aliphatic heterocycles. The van der Waals surface area contributed by atoms with Crippen molar-refractivity contribution < 1.29 is 4.79 Å². The SMILES string of the molecule is CCN(C(=O)Nc1ccccc1)c1nnc(Br)s1. The Morgan fingerprint density at radius 2 is 2.11 bits per heavy atom. The van der Waals surface area contributed by atoms with E-state index in [1.54, 1.807) is 0 Å². The number of urea groups is 1. The highest BCUT2D eigenvalue weighted by Gasteiger charge is 2.17. The zero-order chi connectivity index (χ0) is 13.0. The number of para-hydroxylation sites is 1. The second-order valence-corrected chi connectivity index (χ2v) is 5.61. The summed E-state index contributed by atoms with van der Waals surface area (Å²) < 4.78 is 0.656. The average Bonchev–Trinajstić information content (AvgIpc) is 2.78. The largest absolute Gasteiger partial charge is 0.328 e. The third kappa shape index (κ3) is 3.05. The number of halogens is 1. The highest BCUT2D eigenvalue weighted by Crippen LogP contribution is 2.24. The third-order valence-electron chi connectivity index (χ3n) is 2.21. The van der Waals surface area contributed by atoms with E-state index >= 15 is 0 Å². The first-order valence-electron chi connectivity index (χ1n) is 5.33. The molecule has 0 atom stereocenters. The summed E-state index contributed by atoms with van der Waals surface area (Å²) in [7, 11) is 0. The lowest BCUT2D eigenvalue weighted by Crippen LogP contribution is -2.34. The molecular formula is C11H11BrN4OS. The van der Waals surface area contributed by atoms with Crippen LogP contribution < -0.4 is 10.2 Å². The minimum absolute atomic E-state index is 0.215. The molecule has 2 rings (SSSR count). The van der Waals surface area contributed by atoms with Crippen molar-refractivity contribution in [2.24, 2.45) is 0 Å². The number of carbonyl (C=O) groups excluding carboxylic acids is 1. The first kappa shape index (κ1) is 13.0. The van der Waals surface area contributed by atoms with Gasteiger partial charge in [-0.1, -0.05) is 29.5 Å². The van der Waals surface area contributed by atoms with Crippen molar-refractivity contribution in [3.8, 4) is 0 Å². The molecule has 0 unspecified atom stereocenters. The average molecular weight is 327 g/mol. The summed E-state index contributed by atoms with van der Waals surface area (Å²) >= 11 is 4.55. The summed E-state index contributed by atoms with van der Waals surface area (Å²) in [6, 6.07) is 9.09. The van der Waals surface area contributed by atoms with Crippen LogP contribution in [0.4, 0.5) is 15.6 Å². The van der Waals surface area contributed by atoms with E-state index in [2.05, 4.69) is 31.4 Å². The smallest absolute Gasteiger partial charge is 0.307 e. The van der Waals surface area contributed by atoms with E-state index in [0.29, 0.717) is 15.6 Å². The van der Waals surface area contributed by atoms with E-state index in [-0.39, 0.29) is 6.03 Å². The molecule has 2 amide bonds. The number of hydrogen-bond donors (Lipinski definition) is 1. The lowest BCUT2D eigenvalue weighted by molar-refractivity contribution is 0.257. The predicted octanol–water partition coefficient (Wildman–Crippen LogP) is 3.36. The maximum atomic E-state index is 12.1. The number of hydrogen-bond acceptors (Lipinski definition) is 4. The summed E-state index contributed by atoms with van der Waals surface area (Å²) in [5, 5.41) is 11.2. The first-order valence-corrected chi connectivity index (χ1v) is 6.94. The Hall–Kier alpha value is -1.47. The molecule has 1 aromatic heterocycles. The van der Waals surface area contributed by atoms with Crippen LogP contribution in [0.1, 0.15) is 6.92 Å². The highest BCUT2D eigenvalue weighted by molar-refractivity contribution is 9.11. The van der Waals surface area contributed by atoms with Crippen LogP contribution in [0.15, 0.2) is 34.2 Å².